The second kappa shape index (κ2) is 4.78. The van der Waals surface area contributed by atoms with Crippen molar-refractivity contribution in [1.82, 2.24) is 0 Å². The predicted octanol–water partition coefficient (Wildman–Crippen LogP) is 3.21. The first-order chi connectivity index (χ1) is 6.25. The smallest absolute Gasteiger partial charge is 0.0345 e. The fraction of sp³-hybridized carbons (Fsp3) is 0.273. The molecule has 0 saturated carbocycles. The molecule has 0 saturated heterocycles. The van der Waals surface area contributed by atoms with Gasteiger partial charge in [0.1, 0.15) is 0 Å². The lowest BCUT2D eigenvalue weighted by atomic mass is 10.2. The Morgan fingerprint density at radius 1 is 1.36 bits per heavy atom. The van der Waals surface area contributed by atoms with E-state index in [1.807, 2.05) is 18.3 Å². The van der Waals surface area contributed by atoms with Crippen LogP contribution >= 0.6 is 23.7 Å². The molecule has 0 radical (unpaired) electrons. The zero-order valence-electron chi connectivity index (χ0n) is 8.07. The summed E-state index contributed by atoms with van der Waals surface area (Å²) in [5, 5.41) is 1.34. The van der Waals surface area contributed by atoms with E-state index in [0.717, 1.165) is 6.42 Å². The lowest BCUT2D eigenvalue weighted by Crippen LogP contribution is -2.16. The topological polar surface area (TPSA) is 26.0 Å². The van der Waals surface area contributed by atoms with E-state index in [1.54, 1.807) is 0 Å². The minimum atomic E-state index is 0. The Bertz CT molecular complexity index is 375. The lowest BCUT2D eigenvalue weighted by Gasteiger charge is -1.99. The van der Waals surface area contributed by atoms with Crippen LogP contribution in [0, 0.1) is 0 Å². The Morgan fingerprint density at radius 3 is 2.71 bits per heavy atom. The highest BCUT2D eigenvalue weighted by molar-refractivity contribution is 7.19. The summed E-state index contributed by atoms with van der Waals surface area (Å²) >= 11 is 1.85. The maximum atomic E-state index is 5.75. The molecule has 0 spiro atoms. The average Bonchev–Trinajstić information content (AvgIpc) is 2.44. The van der Waals surface area contributed by atoms with Gasteiger partial charge in [-0.1, -0.05) is 18.2 Å². The van der Waals surface area contributed by atoms with Crippen molar-refractivity contribution in [2.45, 2.75) is 19.4 Å². The molecule has 2 N–H and O–H groups in total. The van der Waals surface area contributed by atoms with Crippen molar-refractivity contribution >= 4 is 33.8 Å². The molecule has 1 aromatic heterocycles. The number of thiophene rings is 1. The van der Waals surface area contributed by atoms with E-state index < -0.39 is 0 Å². The van der Waals surface area contributed by atoms with Gasteiger partial charge in [-0.3, -0.25) is 0 Å². The van der Waals surface area contributed by atoms with Crippen LogP contribution in [0.2, 0.25) is 0 Å². The predicted molar refractivity (Wildman–Crippen MR) is 66.4 cm³/mol. The zero-order chi connectivity index (χ0) is 9.26. The number of halogens is 1. The Kier molecular flexibility index (Phi) is 3.93. The standard InChI is InChI=1S/C11H13NS.ClH/c1-8(12)6-10-7-9-4-2-3-5-11(9)13-10;/h2-5,7-8H,6,12H2,1H3;1H. The Hall–Kier alpha value is -0.570. The highest BCUT2D eigenvalue weighted by Crippen LogP contribution is 2.25. The van der Waals surface area contributed by atoms with Crippen molar-refractivity contribution in [3.05, 3.63) is 35.2 Å². The molecule has 0 amide bonds. The molecule has 1 aromatic carbocycles. The third kappa shape index (κ3) is 2.47. The molecule has 0 fully saturated rings. The van der Waals surface area contributed by atoms with Crippen LogP contribution in [-0.4, -0.2) is 6.04 Å². The number of hydrogen-bond acceptors (Lipinski definition) is 2. The van der Waals surface area contributed by atoms with Crippen LogP contribution in [0.15, 0.2) is 30.3 Å². The van der Waals surface area contributed by atoms with E-state index >= 15 is 0 Å². The number of nitrogens with two attached hydrogens (primary N) is 1. The molecule has 14 heavy (non-hydrogen) atoms. The van der Waals surface area contributed by atoms with Crippen LogP contribution in [0.25, 0.3) is 10.1 Å². The summed E-state index contributed by atoms with van der Waals surface area (Å²) in [4.78, 5) is 1.39. The van der Waals surface area contributed by atoms with Gasteiger partial charge in [0.15, 0.2) is 0 Å². The summed E-state index contributed by atoms with van der Waals surface area (Å²) in [6.45, 7) is 2.05. The third-order valence-corrected chi connectivity index (χ3v) is 3.14. The molecule has 0 aliphatic rings. The molecule has 1 atom stereocenters. The van der Waals surface area contributed by atoms with Crippen LogP contribution < -0.4 is 5.73 Å². The van der Waals surface area contributed by atoms with E-state index in [2.05, 4.69) is 30.3 Å². The molecular weight excluding hydrogens is 214 g/mol. The molecule has 1 unspecified atom stereocenters. The first-order valence-electron chi connectivity index (χ1n) is 4.49. The Morgan fingerprint density at radius 2 is 2.07 bits per heavy atom. The molecule has 0 aliphatic heterocycles. The summed E-state index contributed by atoms with van der Waals surface area (Å²) < 4.78 is 1.36. The Balaban J connectivity index is 0.000000980. The number of hydrogen-bond donors (Lipinski definition) is 1. The van der Waals surface area contributed by atoms with E-state index in [0.29, 0.717) is 0 Å². The molecule has 3 heteroatoms. The number of fused-ring (bicyclic) bond motifs is 1. The summed E-state index contributed by atoms with van der Waals surface area (Å²) in [6.07, 6.45) is 0.985. The van der Waals surface area contributed by atoms with Gasteiger partial charge in [0.05, 0.1) is 0 Å². The SMILES string of the molecule is CC(N)Cc1cc2ccccc2s1.Cl. The van der Waals surface area contributed by atoms with Crippen molar-refractivity contribution in [2.75, 3.05) is 0 Å². The van der Waals surface area contributed by atoms with Crippen LogP contribution in [-0.2, 0) is 6.42 Å². The largest absolute Gasteiger partial charge is 0.328 e. The van der Waals surface area contributed by atoms with Gasteiger partial charge in [-0.2, -0.15) is 0 Å². The van der Waals surface area contributed by atoms with Gasteiger partial charge in [-0.25, -0.2) is 0 Å². The maximum Gasteiger partial charge on any atom is 0.0345 e. The molecule has 76 valence electrons. The lowest BCUT2D eigenvalue weighted by molar-refractivity contribution is 0.747. The summed E-state index contributed by atoms with van der Waals surface area (Å²) in [6, 6.07) is 11.0. The highest BCUT2D eigenvalue weighted by Gasteiger charge is 2.02. The second-order valence-electron chi connectivity index (χ2n) is 3.43. The van der Waals surface area contributed by atoms with E-state index in [1.165, 1.54) is 15.0 Å². The number of rotatable bonds is 2. The third-order valence-electron chi connectivity index (χ3n) is 2.00. The fourth-order valence-corrected chi connectivity index (χ4v) is 2.66. The van der Waals surface area contributed by atoms with Gasteiger partial charge in [-0.15, -0.1) is 23.7 Å². The first kappa shape index (κ1) is 11.5. The molecular formula is C11H14ClNS. The maximum absolute atomic E-state index is 5.75. The van der Waals surface area contributed by atoms with Gasteiger partial charge in [0.2, 0.25) is 0 Å². The summed E-state index contributed by atoms with van der Waals surface area (Å²) in [5.41, 5.74) is 5.75. The van der Waals surface area contributed by atoms with Gasteiger partial charge >= 0.3 is 0 Å². The van der Waals surface area contributed by atoms with Gasteiger partial charge < -0.3 is 5.73 Å². The highest BCUT2D eigenvalue weighted by atomic mass is 35.5. The van der Waals surface area contributed by atoms with Crippen molar-refractivity contribution in [2.24, 2.45) is 5.73 Å². The second-order valence-corrected chi connectivity index (χ2v) is 4.60. The van der Waals surface area contributed by atoms with Gasteiger partial charge in [-0.05, 0) is 30.9 Å². The van der Waals surface area contributed by atoms with E-state index in [9.17, 15) is 0 Å². The van der Waals surface area contributed by atoms with Crippen molar-refractivity contribution in [1.29, 1.82) is 0 Å². The molecule has 1 heterocycles. The minimum absolute atomic E-state index is 0. The van der Waals surface area contributed by atoms with Crippen LogP contribution in [0.4, 0.5) is 0 Å². The van der Waals surface area contributed by atoms with Crippen molar-refractivity contribution in [3.8, 4) is 0 Å². The zero-order valence-corrected chi connectivity index (χ0v) is 9.70. The molecule has 2 aromatic rings. The van der Waals surface area contributed by atoms with Gasteiger partial charge in [0, 0.05) is 15.6 Å². The van der Waals surface area contributed by atoms with Crippen LogP contribution in [0.1, 0.15) is 11.8 Å². The molecule has 1 nitrogen and oxygen atoms in total. The first-order valence-corrected chi connectivity index (χ1v) is 5.30. The molecule has 0 bridgehead atoms. The average molecular weight is 228 g/mol. The fourth-order valence-electron chi connectivity index (χ4n) is 1.45. The van der Waals surface area contributed by atoms with Crippen LogP contribution in [0.3, 0.4) is 0 Å². The Labute approximate surface area is 94.3 Å². The number of benzene rings is 1. The van der Waals surface area contributed by atoms with E-state index in [-0.39, 0.29) is 18.4 Å². The van der Waals surface area contributed by atoms with E-state index in [4.69, 9.17) is 5.73 Å². The normalized spacial score (nSPS) is 12.4. The van der Waals surface area contributed by atoms with Gasteiger partial charge in [0.25, 0.3) is 0 Å². The summed E-state index contributed by atoms with van der Waals surface area (Å²) in [5.74, 6) is 0. The minimum Gasteiger partial charge on any atom is -0.328 e. The summed E-state index contributed by atoms with van der Waals surface area (Å²) in [7, 11) is 0. The van der Waals surface area contributed by atoms with Crippen molar-refractivity contribution < 1.29 is 0 Å². The monoisotopic (exact) mass is 227 g/mol. The molecule has 2 rings (SSSR count). The molecule has 0 aliphatic carbocycles. The van der Waals surface area contributed by atoms with Crippen LogP contribution in [0.5, 0.6) is 0 Å². The van der Waals surface area contributed by atoms with Crippen molar-refractivity contribution in [3.63, 3.8) is 0 Å². The quantitative estimate of drug-likeness (QED) is 0.838.